The van der Waals surface area contributed by atoms with Crippen molar-refractivity contribution in [3.8, 4) is 11.5 Å². The zero-order valence-electron chi connectivity index (χ0n) is 13.4. The van der Waals surface area contributed by atoms with Gasteiger partial charge in [-0.3, -0.25) is 0 Å². The molecule has 2 heteroatoms. The van der Waals surface area contributed by atoms with Crippen LogP contribution in [0.5, 0.6) is 11.5 Å². The van der Waals surface area contributed by atoms with Gasteiger partial charge in [-0.05, 0) is 23.1 Å². The molecule has 0 heterocycles. The molecule has 0 aliphatic heterocycles. The third kappa shape index (κ3) is 2.90. The van der Waals surface area contributed by atoms with Gasteiger partial charge in [0.05, 0.1) is 0 Å². The zero-order valence-corrected chi connectivity index (χ0v) is 13.4. The van der Waals surface area contributed by atoms with Crippen molar-refractivity contribution in [2.45, 2.75) is 45.4 Å². The molecule has 2 aromatic carbocycles. The second-order valence-electron chi connectivity index (χ2n) is 7.13. The molecule has 0 spiro atoms. The van der Waals surface area contributed by atoms with Crippen LogP contribution in [-0.2, 0) is 10.8 Å². The third-order valence-corrected chi connectivity index (χ3v) is 4.09. The maximum atomic E-state index is 10.5. The van der Waals surface area contributed by atoms with Gasteiger partial charge in [0.25, 0.3) is 0 Å². The highest BCUT2D eigenvalue weighted by molar-refractivity contribution is 5.53. The summed E-state index contributed by atoms with van der Waals surface area (Å²) in [7, 11) is 0. The summed E-state index contributed by atoms with van der Waals surface area (Å²) in [6, 6.07) is 13.4. The normalized spacial score (nSPS) is 12.4. The Morgan fingerprint density at radius 3 is 1.71 bits per heavy atom. The summed E-state index contributed by atoms with van der Waals surface area (Å²) in [4.78, 5) is 0. The van der Waals surface area contributed by atoms with Crippen molar-refractivity contribution in [3.63, 3.8) is 0 Å². The van der Waals surface area contributed by atoms with E-state index in [1.54, 1.807) is 12.1 Å². The van der Waals surface area contributed by atoms with E-state index in [0.717, 1.165) is 16.7 Å². The summed E-state index contributed by atoms with van der Waals surface area (Å²) in [6.45, 7) is 10.2. The number of phenolic OH excluding ortho intramolecular Hbond substituents is 2. The van der Waals surface area contributed by atoms with Crippen LogP contribution in [0.25, 0.3) is 0 Å². The lowest BCUT2D eigenvalue weighted by Gasteiger charge is -2.29. The molecule has 0 atom stereocenters. The molecule has 21 heavy (non-hydrogen) atoms. The van der Waals surface area contributed by atoms with E-state index in [-0.39, 0.29) is 22.3 Å². The van der Waals surface area contributed by atoms with E-state index in [1.165, 1.54) is 0 Å². The maximum absolute atomic E-state index is 10.5. The van der Waals surface area contributed by atoms with Crippen molar-refractivity contribution in [1.82, 2.24) is 0 Å². The fourth-order valence-corrected chi connectivity index (χ4v) is 2.69. The highest BCUT2D eigenvalue weighted by Crippen LogP contribution is 2.42. The quantitative estimate of drug-likeness (QED) is 0.783. The highest BCUT2D eigenvalue weighted by Gasteiger charge is 2.29. The smallest absolute Gasteiger partial charge is 0.120 e. The number of hydrogen-bond donors (Lipinski definition) is 2. The number of hydrogen-bond acceptors (Lipinski definition) is 2. The summed E-state index contributed by atoms with van der Waals surface area (Å²) < 4.78 is 0. The fraction of sp³-hybridized carbons (Fsp3) is 0.368. The number of benzene rings is 2. The van der Waals surface area contributed by atoms with Gasteiger partial charge >= 0.3 is 0 Å². The standard InChI is InChI=1S/C19H24O2/c1-18(2,3)14-11-17(21)15(12-16(14)20)19(4,5)13-9-7-6-8-10-13/h6-12,20-21H,1-5H3. The van der Waals surface area contributed by atoms with Crippen LogP contribution in [-0.4, -0.2) is 10.2 Å². The average molecular weight is 284 g/mol. The molecule has 0 unspecified atom stereocenters. The SMILES string of the molecule is CC(C)(C)c1cc(O)c(C(C)(C)c2ccccc2)cc1O. The lowest BCUT2D eigenvalue weighted by Crippen LogP contribution is -2.20. The van der Waals surface area contributed by atoms with Crippen molar-refractivity contribution in [2.24, 2.45) is 0 Å². The van der Waals surface area contributed by atoms with Crippen LogP contribution in [0.1, 0.15) is 51.3 Å². The Labute approximate surface area is 127 Å². The molecule has 0 fully saturated rings. The van der Waals surface area contributed by atoms with Gasteiger partial charge < -0.3 is 10.2 Å². The Balaban J connectivity index is 2.58. The molecule has 2 N–H and O–H groups in total. The molecule has 0 aliphatic rings. The van der Waals surface area contributed by atoms with Gasteiger partial charge in [-0.25, -0.2) is 0 Å². The van der Waals surface area contributed by atoms with E-state index in [2.05, 4.69) is 0 Å². The third-order valence-electron chi connectivity index (χ3n) is 4.09. The maximum Gasteiger partial charge on any atom is 0.120 e. The molecule has 2 nitrogen and oxygen atoms in total. The van der Waals surface area contributed by atoms with Crippen LogP contribution in [0.4, 0.5) is 0 Å². The van der Waals surface area contributed by atoms with E-state index in [4.69, 9.17) is 0 Å². The van der Waals surface area contributed by atoms with E-state index in [0.29, 0.717) is 0 Å². The lowest BCUT2D eigenvalue weighted by atomic mass is 9.76. The minimum Gasteiger partial charge on any atom is -0.508 e. The Morgan fingerprint density at radius 2 is 1.19 bits per heavy atom. The molecule has 112 valence electrons. The molecular weight excluding hydrogens is 260 g/mol. The van der Waals surface area contributed by atoms with Gasteiger partial charge in [0.1, 0.15) is 11.5 Å². The van der Waals surface area contributed by atoms with Crippen LogP contribution in [0.3, 0.4) is 0 Å². The van der Waals surface area contributed by atoms with Crippen molar-refractivity contribution in [1.29, 1.82) is 0 Å². The molecule has 0 bridgehead atoms. The van der Waals surface area contributed by atoms with Crippen LogP contribution < -0.4 is 0 Å². The molecule has 0 saturated carbocycles. The largest absolute Gasteiger partial charge is 0.508 e. The molecule has 2 rings (SSSR count). The molecule has 0 saturated heterocycles. The first-order valence-electron chi connectivity index (χ1n) is 7.26. The molecule has 0 radical (unpaired) electrons. The monoisotopic (exact) mass is 284 g/mol. The van der Waals surface area contributed by atoms with E-state index in [1.807, 2.05) is 65.0 Å². The second-order valence-corrected chi connectivity index (χ2v) is 7.13. The van der Waals surface area contributed by atoms with Gasteiger partial charge in [0.15, 0.2) is 0 Å². The Kier molecular flexibility index (Phi) is 3.75. The minimum atomic E-state index is -0.376. The zero-order chi connectivity index (χ0) is 15.8. The fourth-order valence-electron chi connectivity index (χ4n) is 2.69. The Hall–Kier alpha value is -1.96. The summed E-state index contributed by atoms with van der Waals surface area (Å²) in [5, 5.41) is 20.8. The van der Waals surface area contributed by atoms with Crippen LogP contribution in [0.2, 0.25) is 0 Å². The Morgan fingerprint density at radius 1 is 0.714 bits per heavy atom. The average Bonchev–Trinajstić information content (AvgIpc) is 2.40. The van der Waals surface area contributed by atoms with Gasteiger partial charge in [0, 0.05) is 16.5 Å². The van der Waals surface area contributed by atoms with Gasteiger partial charge in [-0.15, -0.1) is 0 Å². The topological polar surface area (TPSA) is 40.5 Å². The Bertz CT molecular complexity index is 635. The second kappa shape index (κ2) is 5.10. The first-order valence-corrected chi connectivity index (χ1v) is 7.26. The first kappa shape index (κ1) is 15.4. The molecule has 0 amide bonds. The number of rotatable bonds is 2. The highest BCUT2D eigenvalue weighted by atomic mass is 16.3. The molecule has 0 aliphatic carbocycles. The van der Waals surface area contributed by atoms with E-state index >= 15 is 0 Å². The number of aromatic hydroxyl groups is 2. The minimum absolute atomic E-state index is 0.211. The summed E-state index contributed by atoms with van der Waals surface area (Å²) in [6.07, 6.45) is 0. The summed E-state index contributed by atoms with van der Waals surface area (Å²) in [5.74, 6) is 0.464. The van der Waals surface area contributed by atoms with Crippen LogP contribution in [0.15, 0.2) is 42.5 Å². The predicted molar refractivity (Wildman–Crippen MR) is 87.0 cm³/mol. The van der Waals surface area contributed by atoms with Crippen molar-refractivity contribution in [3.05, 3.63) is 59.2 Å². The van der Waals surface area contributed by atoms with Gasteiger partial charge in [-0.1, -0.05) is 65.0 Å². The number of phenols is 2. The van der Waals surface area contributed by atoms with E-state index in [9.17, 15) is 10.2 Å². The summed E-state index contributed by atoms with van der Waals surface area (Å²) in [5.41, 5.74) is 2.01. The summed E-state index contributed by atoms with van der Waals surface area (Å²) >= 11 is 0. The van der Waals surface area contributed by atoms with Crippen LogP contribution in [0, 0.1) is 0 Å². The lowest BCUT2D eigenvalue weighted by molar-refractivity contribution is 0.423. The van der Waals surface area contributed by atoms with Crippen LogP contribution >= 0.6 is 0 Å². The molecular formula is C19H24O2. The van der Waals surface area contributed by atoms with Gasteiger partial charge in [0.2, 0.25) is 0 Å². The predicted octanol–water partition coefficient (Wildman–Crippen LogP) is 4.72. The first-order chi connectivity index (χ1) is 9.64. The van der Waals surface area contributed by atoms with Gasteiger partial charge in [-0.2, -0.15) is 0 Å². The van der Waals surface area contributed by atoms with Crippen molar-refractivity contribution >= 4 is 0 Å². The van der Waals surface area contributed by atoms with E-state index < -0.39 is 0 Å². The molecule has 2 aromatic rings. The van der Waals surface area contributed by atoms with Crippen molar-refractivity contribution < 1.29 is 10.2 Å². The molecule has 0 aromatic heterocycles. The van der Waals surface area contributed by atoms with Crippen molar-refractivity contribution in [2.75, 3.05) is 0 Å².